The average Bonchev–Trinajstić information content (AvgIpc) is 2.31. The molecule has 0 aromatic rings. The molecule has 0 aliphatic rings. The van der Waals surface area contributed by atoms with E-state index in [1.807, 2.05) is 13.2 Å². The van der Waals surface area contributed by atoms with E-state index in [0.717, 1.165) is 5.75 Å². The summed E-state index contributed by atoms with van der Waals surface area (Å²) in [6.45, 7) is 3.69. The Morgan fingerprint density at radius 3 is 2.47 bits per heavy atom. The van der Waals surface area contributed by atoms with Crippen molar-refractivity contribution in [1.82, 2.24) is 5.32 Å². The molecule has 0 aliphatic carbocycles. The summed E-state index contributed by atoms with van der Waals surface area (Å²) in [7, 11) is 0. The lowest BCUT2D eigenvalue weighted by Crippen LogP contribution is -2.51. The first kappa shape index (κ1) is 16.2. The van der Waals surface area contributed by atoms with Gasteiger partial charge in [-0.3, -0.25) is 4.79 Å². The van der Waals surface area contributed by atoms with E-state index in [1.165, 1.54) is 0 Å². The summed E-state index contributed by atoms with van der Waals surface area (Å²) >= 11 is 1.61. The van der Waals surface area contributed by atoms with Crippen LogP contribution < -0.4 is 11.1 Å². The Bertz CT molecular complexity index is 261. The molecule has 17 heavy (non-hydrogen) atoms. The van der Waals surface area contributed by atoms with Gasteiger partial charge in [0.25, 0.3) is 0 Å². The summed E-state index contributed by atoms with van der Waals surface area (Å²) < 4.78 is 0. The molecule has 0 saturated carbocycles. The molecule has 0 rings (SSSR count). The van der Waals surface area contributed by atoms with Gasteiger partial charge in [0.15, 0.2) is 0 Å². The summed E-state index contributed by atoms with van der Waals surface area (Å²) in [5, 5.41) is 11.5. The zero-order valence-corrected chi connectivity index (χ0v) is 11.4. The van der Waals surface area contributed by atoms with E-state index in [2.05, 4.69) is 5.32 Å². The third-order valence-electron chi connectivity index (χ3n) is 2.75. The van der Waals surface area contributed by atoms with Gasteiger partial charge in [0.2, 0.25) is 5.91 Å². The topological polar surface area (TPSA) is 92.4 Å². The van der Waals surface area contributed by atoms with Crippen molar-refractivity contribution < 1.29 is 14.7 Å². The lowest BCUT2D eigenvalue weighted by Gasteiger charge is -2.22. The molecular weight excluding hydrogens is 240 g/mol. The number of nitrogens with one attached hydrogen (secondary N) is 1. The molecule has 0 aromatic carbocycles. The number of hydrogen-bond acceptors (Lipinski definition) is 4. The Morgan fingerprint density at radius 1 is 1.47 bits per heavy atom. The highest BCUT2D eigenvalue weighted by molar-refractivity contribution is 7.98. The van der Waals surface area contributed by atoms with Crippen LogP contribution in [0, 0.1) is 5.92 Å². The fourth-order valence-corrected chi connectivity index (χ4v) is 1.81. The van der Waals surface area contributed by atoms with Gasteiger partial charge in [0.05, 0.1) is 6.04 Å². The highest BCUT2D eigenvalue weighted by Crippen LogP contribution is 2.08. The third-order valence-corrected chi connectivity index (χ3v) is 3.39. The minimum absolute atomic E-state index is 0.107. The first-order valence-corrected chi connectivity index (χ1v) is 7.11. The number of carbonyl (C=O) groups excluding carboxylic acids is 1. The predicted molar refractivity (Wildman–Crippen MR) is 70.0 cm³/mol. The van der Waals surface area contributed by atoms with Crippen molar-refractivity contribution >= 4 is 23.6 Å². The lowest BCUT2D eigenvalue weighted by atomic mass is 9.99. The van der Waals surface area contributed by atoms with Crippen LogP contribution in [0.5, 0.6) is 0 Å². The molecule has 0 saturated heterocycles. The van der Waals surface area contributed by atoms with Crippen molar-refractivity contribution in [3.05, 3.63) is 0 Å². The van der Waals surface area contributed by atoms with Gasteiger partial charge in [-0.1, -0.05) is 20.3 Å². The van der Waals surface area contributed by atoms with E-state index < -0.39 is 18.1 Å². The molecule has 0 heterocycles. The molecule has 0 aromatic heterocycles. The van der Waals surface area contributed by atoms with Crippen molar-refractivity contribution in [2.75, 3.05) is 12.0 Å². The number of hydrogen-bond donors (Lipinski definition) is 3. The second-order valence-electron chi connectivity index (χ2n) is 4.10. The molecular formula is C11H22N2O3S. The highest BCUT2D eigenvalue weighted by Gasteiger charge is 2.27. The molecule has 0 spiro atoms. The maximum absolute atomic E-state index is 11.7. The number of nitrogens with two attached hydrogens (primary N) is 1. The largest absolute Gasteiger partial charge is 0.480 e. The van der Waals surface area contributed by atoms with E-state index in [-0.39, 0.29) is 11.8 Å². The fourth-order valence-electron chi connectivity index (χ4n) is 1.32. The number of carboxylic acids is 1. The van der Waals surface area contributed by atoms with Crippen molar-refractivity contribution in [3.8, 4) is 0 Å². The fraction of sp³-hybridized carbons (Fsp3) is 0.818. The minimum Gasteiger partial charge on any atom is -0.480 e. The third kappa shape index (κ3) is 5.93. The van der Waals surface area contributed by atoms with Crippen LogP contribution in [0.25, 0.3) is 0 Å². The molecule has 100 valence electrons. The summed E-state index contributed by atoms with van der Waals surface area (Å²) in [5.41, 5.74) is 5.68. The average molecular weight is 262 g/mol. The molecule has 0 bridgehead atoms. The van der Waals surface area contributed by atoms with Gasteiger partial charge in [-0.2, -0.15) is 11.8 Å². The van der Waals surface area contributed by atoms with Crippen LogP contribution in [0.3, 0.4) is 0 Å². The number of thioether (sulfide) groups is 1. The molecule has 6 heteroatoms. The Balaban J connectivity index is 4.35. The Morgan fingerprint density at radius 2 is 2.06 bits per heavy atom. The maximum Gasteiger partial charge on any atom is 0.326 e. The van der Waals surface area contributed by atoms with E-state index in [9.17, 15) is 9.59 Å². The van der Waals surface area contributed by atoms with Gasteiger partial charge in [0.1, 0.15) is 6.04 Å². The first-order chi connectivity index (χ1) is 7.93. The standard InChI is InChI=1S/C11H22N2O3S/c1-4-7(2)9(11(15)16)13-10(14)8(12)5-6-17-3/h7-9H,4-6,12H2,1-3H3,(H,13,14)(H,15,16)/t7?,8-,9?/m1/s1. The Labute approximate surface area is 107 Å². The summed E-state index contributed by atoms with van der Waals surface area (Å²) in [6, 6.07) is -1.49. The van der Waals surface area contributed by atoms with Gasteiger partial charge in [-0.25, -0.2) is 4.79 Å². The molecule has 3 atom stereocenters. The van der Waals surface area contributed by atoms with Crippen molar-refractivity contribution in [2.45, 2.75) is 38.8 Å². The molecule has 0 aliphatic heterocycles. The predicted octanol–water partition coefficient (Wildman–Crippen LogP) is 0.682. The summed E-state index contributed by atoms with van der Waals surface area (Å²) in [4.78, 5) is 22.7. The smallest absolute Gasteiger partial charge is 0.326 e. The zero-order valence-electron chi connectivity index (χ0n) is 10.6. The Kier molecular flexibility index (Phi) is 7.99. The molecule has 0 fully saturated rings. The Hall–Kier alpha value is -0.750. The SMILES string of the molecule is CCC(C)C(NC(=O)[C@H](N)CCSC)C(=O)O. The normalized spacial score (nSPS) is 16.0. The van der Waals surface area contributed by atoms with Crippen molar-refractivity contribution in [1.29, 1.82) is 0 Å². The van der Waals surface area contributed by atoms with Crippen LogP contribution in [-0.4, -0.2) is 41.1 Å². The van der Waals surface area contributed by atoms with E-state index >= 15 is 0 Å². The quantitative estimate of drug-likeness (QED) is 0.598. The van der Waals surface area contributed by atoms with E-state index in [4.69, 9.17) is 10.8 Å². The monoisotopic (exact) mass is 262 g/mol. The number of rotatable bonds is 8. The molecule has 2 unspecified atom stereocenters. The number of carbonyl (C=O) groups is 2. The first-order valence-electron chi connectivity index (χ1n) is 5.71. The van der Waals surface area contributed by atoms with Gasteiger partial charge in [-0.15, -0.1) is 0 Å². The van der Waals surface area contributed by atoms with Crippen LogP contribution in [0.4, 0.5) is 0 Å². The van der Waals surface area contributed by atoms with Gasteiger partial charge >= 0.3 is 5.97 Å². The molecule has 5 nitrogen and oxygen atoms in total. The van der Waals surface area contributed by atoms with Gasteiger partial charge in [0, 0.05) is 0 Å². The van der Waals surface area contributed by atoms with Crippen LogP contribution in [-0.2, 0) is 9.59 Å². The van der Waals surface area contributed by atoms with Crippen molar-refractivity contribution in [3.63, 3.8) is 0 Å². The second kappa shape index (κ2) is 8.36. The number of aliphatic carboxylic acids is 1. The molecule has 4 N–H and O–H groups in total. The zero-order chi connectivity index (χ0) is 13.4. The van der Waals surface area contributed by atoms with E-state index in [1.54, 1.807) is 18.7 Å². The highest BCUT2D eigenvalue weighted by atomic mass is 32.2. The van der Waals surface area contributed by atoms with Crippen LogP contribution in [0.15, 0.2) is 0 Å². The second-order valence-corrected chi connectivity index (χ2v) is 5.08. The van der Waals surface area contributed by atoms with Gasteiger partial charge < -0.3 is 16.2 Å². The number of amides is 1. The molecule has 1 amide bonds. The van der Waals surface area contributed by atoms with Crippen molar-refractivity contribution in [2.24, 2.45) is 11.7 Å². The lowest BCUT2D eigenvalue weighted by molar-refractivity contribution is -0.143. The van der Waals surface area contributed by atoms with E-state index in [0.29, 0.717) is 12.8 Å². The van der Waals surface area contributed by atoms with Crippen LogP contribution >= 0.6 is 11.8 Å². The maximum atomic E-state index is 11.7. The summed E-state index contributed by atoms with van der Waals surface area (Å²) in [6.07, 6.45) is 3.18. The van der Waals surface area contributed by atoms with Crippen LogP contribution in [0.2, 0.25) is 0 Å². The molecule has 0 radical (unpaired) electrons. The van der Waals surface area contributed by atoms with Crippen LogP contribution in [0.1, 0.15) is 26.7 Å². The number of carboxylic acid groups (broad SMARTS) is 1. The minimum atomic E-state index is -1.01. The van der Waals surface area contributed by atoms with Gasteiger partial charge in [-0.05, 0) is 24.3 Å². The summed E-state index contributed by atoms with van der Waals surface area (Å²) in [5.74, 6) is -0.712.